The first-order chi connectivity index (χ1) is 8.74. The molecule has 1 aromatic carbocycles. The molecular weight excluding hydrogens is 232 g/mol. The van der Waals surface area contributed by atoms with Crippen LogP contribution in [0, 0.1) is 0 Å². The number of nitrogens with one attached hydrogen (secondary N) is 1. The number of hydrogen-bond donors (Lipinski definition) is 1. The molecule has 1 fully saturated rings. The quantitative estimate of drug-likeness (QED) is 0.739. The van der Waals surface area contributed by atoms with Gasteiger partial charge in [-0.05, 0) is 12.5 Å². The van der Waals surface area contributed by atoms with Gasteiger partial charge >= 0.3 is 0 Å². The highest BCUT2D eigenvalue weighted by molar-refractivity contribution is 6.00. The molecule has 0 spiro atoms. The smallest absolute Gasteiger partial charge is 0.244 e. The topological polar surface area (TPSA) is 58.6 Å². The van der Waals surface area contributed by atoms with Crippen LogP contribution in [0.5, 0.6) is 5.75 Å². The Bertz CT molecular complexity index is 501. The highest BCUT2D eigenvalue weighted by Gasteiger charge is 2.33. The molecule has 1 aromatic rings. The van der Waals surface area contributed by atoms with Crippen LogP contribution in [0.25, 0.3) is 0 Å². The second-order valence-electron chi connectivity index (χ2n) is 4.59. The monoisotopic (exact) mass is 246 g/mol. The van der Waals surface area contributed by atoms with Crippen molar-refractivity contribution < 1.29 is 14.3 Å². The van der Waals surface area contributed by atoms with Gasteiger partial charge in [0.2, 0.25) is 11.8 Å². The van der Waals surface area contributed by atoms with Crippen LogP contribution in [0.15, 0.2) is 24.3 Å². The minimum atomic E-state index is -0.268. The zero-order chi connectivity index (χ0) is 12.5. The van der Waals surface area contributed by atoms with Gasteiger partial charge in [-0.1, -0.05) is 18.2 Å². The van der Waals surface area contributed by atoms with Crippen LogP contribution in [0.4, 0.5) is 0 Å². The standard InChI is InChI=1S/C13H14N2O3/c16-12-6-5-10(13(17)14-12)15-7-9-3-1-2-4-11(9)18-8-15/h1-4,10H,5-8H2,(H,14,16,17). The lowest BCUT2D eigenvalue weighted by Gasteiger charge is -2.35. The van der Waals surface area contributed by atoms with Gasteiger partial charge in [0.25, 0.3) is 0 Å². The molecule has 1 saturated heterocycles. The molecule has 0 bridgehead atoms. The van der Waals surface area contributed by atoms with Gasteiger partial charge < -0.3 is 4.74 Å². The summed E-state index contributed by atoms with van der Waals surface area (Å²) in [6.07, 6.45) is 0.963. The van der Waals surface area contributed by atoms with Gasteiger partial charge in [-0.25, -0.2) is 0 Å². The van der Waals surface area contributed by atoms with Crippen molar-refractivity contribution in [2.24, 2.45) is 0 Å². The first-order valence-corrected chi connectivity index (χ1v) is 6.02. The third-order valence-corrected chi connectivity index (χ3v) is 3.38. The van der Waals surface area contributed by atoms with E-state index in [1.54, 1.807) is 0 Å². The van der Waals surface area contributed by atoms with Gasteiger partial charge in [0.05, 0.1) is 6.04 Å². The van der Waals surface area contributed by atoms with Crippen molar-refractivity contribution in [1.82, 2.24) is 10.2 Å². The Balaban J connectivity index is 1.76. The largest absolute Gasteiger partial charge is 0.478 e. The maximum Gasteiger partial charge on any atom is 0.244 e. The minimum absolute atomic E-state index is 0.186. The van der Waals surface area contributed by atoms with E-state index < -0.39 is 0 Å². The molecule has 0 aromatic heterocycles. The Kier molecular flexibility index (Phi) is 2.76. The lowest BCUT2D eigenvalue weighted by Crippen LogP contribution is -2.53. The Labute approximate surface area is 105 Å². The zero-order valence-electron chi connectivity index (χ0n) is 9.89. The van der Waals surface area contributed by atoms with Crippen molar-refractivity contribution in [3.63, 3.8) is 0 Å². The number of amides is 2. The molecule has 1 atom stereocenters. The molecule has 5 heteroatoms. The van der Waals surface area contributed by atoms with Crippen molar-refractivity contribution in [2.75, 3.05) is 6.73 Å². The fourth-order valence-corrected chi connectivity index (χ4v) is 2.42. The average molecular weight is 246 g/mol. The normalized spacial score (nSPS) is 24.1. The maximum absolute atomic E-state index is 11.8. The first-order valence-electron chi connectivity index (χ1n) is 6.02. The molecular formula is C13H14N2O3. The van der Waals surface area contributed by atoms with Crippen molar-refractivity contribution in [3.8, 4) is 5.75 Å². The third-order valence-electron chi connectivity index (χ3n) is 3.38. The van der Waals surface area contributed by atoms with E-state index in [-0.39, 0.29) is 17.9 Å². The average Bonchev–Trinajstić information content (AvgIpc) is 2.38. The van der Waals surface area contributed by atoms with E-state index in [1.807, 2.05) is 29.2 Å². The second-order valence-corrected chi connectivity index (χ2v) is 4.59. The second kappa shape index (κ2) is 4.42. The fraction of sp³-hybridized carbons (Fsp3) is 0.385. The summed E-state index contributed by atoms with van der Waals surface area (Å²) in [4.78, 5) is 24.9. The van der Waals surface area contributed by atoms with Gasteiger partial charge in [-0.3, -0.25) is 19.8 Å². The van der Waals surface area contributed by atoms with Crippen LogP contribution in [0.2, 0.25) is 0 Å². The summed E-state index contributed by atoms with van der Waals surface area (Å²) in [5, 5.41) is 2.38. The number of fused-ring (bicyclic) bond motifs is 1. The summed E-state index contributed by atoms with van der Waals surface area (Å²) in [7, 11) is 0. The van der Waals surface area contributed by atoms with Crippen molar-refractivity contribution in [1.29, 1.82) is 0 Å². The Morgan fingerprint density at radius 3 is 2.94 bits per heavy atom. The lowest BCUT2D eigenvalue weighted by molar-refractivity contribution is -0.139. The van der Waals surface area contributed by atoms with Gasteiger partial charge in [-0.15, -0.1) is 0 Å². The molecule has 2 amide bonds. The number of nitrogens with zero attached hydrogens (tertiary/aromatic N) is 1. The van der Waals surface area contributed by atoms with E-state index >= 15 is 0 Å². The van der Waals surface area contributed by atoms with Crippen LogP contribution in [-0.2, 0) is 16.1 Å². The summed E-state index contributed by atoms with van der Waals surface area (Å²) >= 11 is 0. The molecule has 1 N–H and O–H groups in total. The van der Waals surface area contributed by atoms with Gasteiger partial charge in [0, 0.05) is 18.5 Å². The molecule has 3 rings (SSSR count). The van der Waals surface area contributed by atoms with E-state index in [9.17, 15) is 9.59 Å². The molecule has 0 aliphatic carbocycles. The summed E-state index contributed by atoms with van der Waals surface area (Å²) < 4.78 is 5.63. The number of carbonyl (C=O) groups excluding carboxylic acids is 2. The fourth-order valence-electron chi connectivity index (χ4n) is 2.42. The number of hydrogen-bond acceptors (Lipinski definition) is 4. The molecule has 2 aliphatic rings. The van der Waals surface area contributed by atoms with Crippen molar-refractivity contribution in [2.45, 2.75) is 25.4 Å². The number of ether oxygens (including phenoxy) is 1. The van der Waals surface area contributed by atoms with E-state index in [2.05, 4.69) is 5.32 Å². The Morgan fingerprint density at radius 1 is 1.28 bits per heavy atom. The summed E-state index contributed by atoms with van der Waals surface area (Å²) in [5.74, 6) is 0.477. The Morgan fingerprint density at radius 2 is 2.11 bits per heavy atom. The van der Waals surface area contributed by atoms with Crippen LogP contribution >= 0.6 is 0 Å². The molecule has 0 radical (unpaired) electrons. The predicted molar refractivity (Wildman–Crippen MR) is 63.7 cm³/mol. The SMILES string of the molecule is O=C1CCC(N2COc3ccccc3C2)C(=O)N1. The summed E-state index contributed by atoms with van der Waals surface area (Å²) in [6.45, 7) is 1.08. The highest BCUT2D eigenvalue weighted by Crippen LogP contribution is 2.26. The molecule has 2 aliphatic heterocycles. The maximum atomic E-state index is 11.8. The number of imide groups is 1. The number of carbonyl (C=O) groups is 2. The highest BCUT2D eigenvalue weighted by atomic mass is 16.5. The van der Waals surface area contributed by atoms with Crippen LogP contribution in [0.3, 0.4) is 0 Å². The molecule has 5 nitrogen and oxygen atoms in total. The van der Waals surface area contributed by atoms with Gasteiger partial charge in [-0.2, -0.15) is 0 Å². The van der Waals surface area contributed by atoms with Crippen LogP contribution in [-0.4, -0.2) is 29.5 Å². The van der Waals surface area contributed by atoms with E-state index in [0.717, 1.165) is 11.3 Å². The number of para-hydroxylation sites is 1. The number of benzene rings is 1. The molecule has 1 unspecified atom stereocenters. The number of rotatable bonds is 1. The van der Waals surface area contributed by atoms with Crippen LogP contribution < -0.4 is 10.1 Å². The van der Waals surface area contributed by atoms with Crippen molar-refractivity contribution in [3.05, 3.63) is 29.8 Å². The number of piperidine rings is 1. The Hall–Kier alpha value is -1.88. The zero-order valence-corrected chi connectivity index (χ0v) is 9.89. The summed E-state index contributed by atoms with van der Waals surface area (Å²) in [5.41, 5.74) is 1.08. The molecule has 94 valence electrons. The minimum Gasteiger partial charge on any atom is -0.478 e. The predicted octanol–water partition coefficient (Wildman–Crippen LogP) is 0.644. The lowest BCUT2D eigenvalue weighted by atomic mass is 10.0. The molecule has 0 saturated carbocycles. The van der Waals surface area contributed by atoms with E-state index in [1.165, 1.54) is 0 Å². The third kappa shape index (κ3) is 1.97. The van der Waals surface area contributed by atoms with Crippen molar-refractivity contribution >= 4 is 11.8 Å². The summed E-state index contributed by atoms with van der Waals surface area (Å²) in [6, 6.07) is 7.54. The first kappa shape index (κ1) is 11.2. The molecule has 2 heterocycles. The van der Waals surface area contributed by atoms with Gasteiger partial charge in [0.15, 0.2) is 0 Å². The van der Waals surface area contributed by atoms with E-state index in [4.69, 9.17) is 4.74 Å². The molecule has 18 heavy (non-hydrogen) atoms. The van der Waals surface area contributed by atoms with E-state index in [0.29, 0.717) is 26.1 Å². The van der Waals surface area contributed by atoms with Gasteiger partial charge in [0.1, 0.15) is 12.5 Å². The van der Waals surface area contributed by atoms with Crippen LogP contribution in [0.1, 0.15) is 18.4 Å².